The second kappa shape index (κ2) is 4.75. The molecule has 1 N–H and O–H groups in total. The van der Waals surface area contributed by atoms with Gasteiger partial charge in [-0.15, -0.1) is 0 Å². The van der Waals surface area contributed by atoms with E-state index in [2.05, 4.69) is 5.32 Å². The topological polar surface area (TPSA) is 69.7 Å². The van der Waals surface area contributed by atoms with Crippen molar-refractivity contribution in [1.82, 2.24) is 14.5 Å². The molecule has 0 aliphatic carbocycles. The molecule has 1 amide bonds. The highest BCUT2D eigenvalue weighted by molar-refractivity contribution is 7.88. The fourth-order valence-corrected chi connectivity index (χ4v) is 3.69. The third-order valence-corrected chi connectivity index (χ3v) is 5.04. The number of amides is 1. The zero-order valence-electron chi connectivity index (χ0n) is 10.4. The number of piperidine rings is 1. The Morgan fingerprint density at radius 3 is 2.28 bits per heavy atom. The zero-order chi connectivity index (χ0) is 13.5. The molecule has 0 unspecified atom stereocenters. The Morgan fingerprint density at radius 2 is 1.89 bits per heavy atom. The van der Waals surface area contributed by atoms with Crippen molar-refractivity contribution in [2.45, 2.75) is 31.8 Å². The van der Waals surface area contributed by atoms with E-state index in [1.54, 1.807) is 11.8 Å². The standard InChI is InChI=1S/C10H17N3O3S2/c1-7-9(14)13(10(17)11-7)8-3-5-12(6-4-8)18(2,15)16/h7-8H,3-6H2,1-2H3,(H,11,17)/t7-/m0/s1. The number of nitrogens with one attached hydrogen (secondary N) is 1. The predicted molar refractivity (Wildman–Crippen MR) is 71.5 cm³/mol. The molecule has 6 nitrogen and oxygen atoms in total. The number of carbonyl (C=O) groups excluding carboxylic acids is 1. The molecular weight excluding hydrogens is 274 g/mol. The van der Waals surface area contributed by atoms with Gasteiger partial charge in [0.1, 0.15) is 6.04 Å². The van der Waals surface area contributed by atoms with Crippen molar-refractivity contribution in [3.05, 3.63) is 0 Å². The summed E-state index contributed by atoms with van der Waals surface area (Å²) in [5.74, 6) is -0.0159. The van der Waals surface area contributed by atoms with Crippen LogP contribution >= 0.6 is 12.2 Å². The van der Waals surface area contributed by atoms with Crippen LogP contribution in [-0.2, 0) is 14.8 Å². The number of sulfonamides is 1. The lowest BCUT2D eigenvalue weighted by Crippen LogP contribution is -2.48. The highest BCUT2D eigenvalue weighted by Crippen LogP contribution is 2.21. The van der Waals surface area contributed by atoms with Crippen LogP contribution in [0.3, 0.4) is 0 Å². The largest absolute Gasteiger partial charge is 0.351 e. The second-order valence-electron chi connectivity index (χ2n) is 4.77. The molecule has 18 heavy (non-hydrogen) atoms. The van der Waals surface area contributed by atoms with Crippen LogP contribution in [0.4, 0.5) is 0 Å². The minimum absolute atomic E-state index is 0.0143. The third-order valence-electron chi connectivity index (χ3n) is 3.42. The van der Waals surface area contributed by atoms with E-state index in [-0.39, 0.29) is 18.0 Å². The Bertz CT molecular complexity index is 469. The van der Waals surface area contributed by atoms with Crippen LogP contribution in [0, 0.1) is 0 Å². The zero-order valence-corrected chi connectivity index (χ0v) is 12.1. The van der Waals surface area contributed by atoms with Crippen LogP contribution in [0.15, 0.2) is 0 Å². The second-order valence-corrected chi connectivity index (χ2v) is 7.14. The first-order valence-corrected chi connectivity index (χ1v) is 8.15. The Hall–Kier alpha value is -0.730. The van der Waals surface area contributed by atoms with Crippen molar-refractivity contribution < 1.29 is 13.2 Å². The molecule has 2 rings (SSSR count). The molecule has 0 spiro atoms. The number of carbonyl (C=O) groups is 1. The molecule has 102 valence electrons. The minimum Gasteiger partial charge on any atom is -0.351 e. The Balaban J connectivity index is 2.02. The lowest BCUT2D eigenvalue weighted by molar-refractivity contribution is -0.128. The number of hydrogen-bond acceptors (Lipinski definition) is 4. The van der Waals surface area contributed by atoms with E-state index >= 15 is 0 Å². The number of rotatable bonds is 2. The van der Waals surface area contributed by atoms with Crippen molar-refractivity contribution in [3.63, 3.8) is 0 Å². The molecule has 8 heteroatoms. The van der Waals surface area contributed by atoms with Gasteiger partial charge in [0.05, 0.1) is 6.26 Å². The average Bonchev–Trinajstić information content (AvgIpc) is 2.52. The lowest BCUT2D eigenvalue weighted by atomic mass is 10.1. The molecule has 2 saturated heterocycles. The number of thiocarbonyl (C=S) groups is 1. The maximum Gasteiger partial charge on any atom is 0.251 e. The van der Waals surface area contributed by atoms with E-state index in [4.69, 9.17) is 12.2 Å². The van der Waals surface area contributed by atoms with Gasteiger partial charge in [-0.25, -0.2) is 12.7 Å². The monoisotopic (exact) mass is 291 g/mol. The van der Waals surface area contributed by atoms with Crippen molar-refractivity contribution in [1.29, 1.82) is 0 Å². The maximum atomic E-state index is 11.9. The van der Waals surface area contributed by atoms with Crippen molar-refractivity contribution in [2.24, 2.45) is 0 Å². The predicted octanol–water partition coefficient (Wildman–Crippen LogP) is -0.484. The maximum absolute atomic E-state index is 11.9. The minimum atomic E-state index is -3.13. The summed E-state index contributed by atoms with van der Waals surface area (Å²) in [5.41, 5.74) is 0. The van der Waals surface area contributed by atoms with Crippen molar-refractivity contribution in [3.8, 4) is 0 Å². The summed E-state index contributed by atoms with van der Waals surface area (Å²) in [7, 11) is -3.13. The lowest BCUT2D eigenvalue weighted by Gasteiger charge is -2.34. The van der Waals surface area contributed by atoms with Crippen LogP contribution < -0.4 is 5.32 Å². The molecule has 0 bridgehead atoms. The van der Waals surface area contributed by atoms with E-state index < -0.39 is 10.0 Å². The van der Waals surface area contributed by atoms with E-state index in [9.17, 15) is 13.2 Å². The molecule has 0 aromatic carbocycles. The SMILES string of the molecule is C[C@@H]1NC(=S)N(C2CCN(S(C)(=O)=O)CC2)C1=O. The van der Waals surface area contributed by atoms with Crippen LogP contribution in [0.2, 0.25) is 0 Å². The molecular formula is C10H17N3O3S2. The first kappa shape index (κ1) is 13.7. The van der Waals surface area contributed by atoms with Gasteiger partial charge in [0.15, 0.2) is 5.11 Å². The summed E-state index contributed by atoms with van der Waals surface area (Å²) in [6.07, 6.45) is 2.48. The first-order valence-electron chi connectivity index (χ1n) is 5.89. The summed E-state index contributed by atoms with van der Waals surface area (Å²) in [4.78, 5) is 13.5. The number of hydrogen-bond donors (Lipinski definition) is 1. The van der Waals surface area contributed by atoms with Gasteiger partial charge in [0.25, 0.3) is 5.91 Å². The van der Waals surface area contributed by atoms with Crippen LogP contribution in [-0.4, -0.2) is 60.1 Å². The summed E-state index contributed by atoms with van der Waals surface area (Å²) >= 11 is 5.14. The van der Waals surface area contributed by atoms with Gasteiger partial charge < -0.3 is 5.32 Å². The van der Waals surface area contributed by atoms with Crippen LogP contribution in [0.5, 0.6) is 0 Å². The highest BCUT2D eigenvalue weighted by atomic mass is 32.2. The van der Waals surface area contributed by atoms with Gasteiger partial charge in [-0.1, -0.05) is 0 Å². The molecule has 0 aromatic heterocycles. The molecule has 0 saturated carbocycles. The Labute approximate surface area is 112 Å². The van der Waals surface area contributed by atoms with E-state index in [0.29, 0.717) is 31.0 Å². The summed E-state index contributed by atoms with van der Waals surface area (Å²) in [6, 6.07) is -0.258. The van der Waals surface area contributed by atoms with Gasteiger partial charge in [-0.3, -0.25) is 9.69 Å². The van der Waals surface area contributed by atoms with E-state index in [0.717, 1.165) is 0 Å². The van der Waals surface area contributed by atoms with Crippen LogP contribution in [0.25, 0.3) is 0 Å². The Morgan fingerprint density at radius 1 is 1.33 bits per heavy atom. The third kappa shape index (κ3) is 2.50. The van der Waals surface area contributed by atoms with Gasteiger partial charge in [-0.2, -0.15) is 0 Å². The normalized spacial score (nSPS) is 27.7. The average molecular weight is 291 g/mol. The molecule has 2 aliphatic heterocycles. The Kier molecular flexibility index (Phi) is 3.61. The molecule has 2 heterocycles. The fraction of sp³-hybridized carbons (Fsp3) is 0.800. The van der Waals surface area contributed by atoms with Crippen molar-refractivity contribution in [2.75, 3.05) is 19.3 Å². The van der Waals surface area contributed by atoms with Gasteiger partial charge >= 0.3 is 0 Å². The summed E-state index contributed by atoms with van der Waals surface area (Å²) < 4.78 is 24.3. The molecule has 1 atom stereocenters. The number of nitrogens with zero attached hydrogens (tertiary/aromatic N) is 2. The van der Waals surface area contributed by atoms with E-state index in [1.807, 2.05) is 0 Å². The molecule has 0 aromatic rings. The molecule has 2 fully saturated rings. The highest BCUT2D eigenvalue weighted by Gasteiger charge is 2.39. The van der Waals surface area contributed by atoms with Crippen molar-refractivity contribution >= 4 is 33.3 Å². The molecule has 2 aliphatic rings. The van der Waals surface area contributed by atoms with E-state index in [1.165, 1.54) is 10.6 Å². The van der Waals surface area contributed by atoms with Crippen LogP contribution in [0.1, 0.15) is 19.8 Å². The first-order chi connectivity index (χ1) is 8.30. The fourth-order valence-electron chi connectivity index (χ4n) is 2.40. The van der Waals surface area contributed by atoms with Gasteiger partial charge in [0, 0.05) is 19.1 Å². The van der Waals surface area contributed by atoms with Gasteiger partial charge in [-0.05, 0) is 32.0 Å². The summed E-state index contributed by atoms with van der Waals surface area (Å²) in [6.45, 7) is 2.68. The van der Waals surface area contributed by atoms with Gasteiger partial charge in [0.2, 0.25) is 10.0 Å². The summed E-state index contributed by atoms with van der Waals surface area (Å²) in [5, 5.41) is 3.39. The smallest absolute Gasteiger partial charge is 0.251 e. The molecule has 0 radical (unpaired) electrons. The quantitative estimate of drug-likeness (QED) is 0.696.